The van der Waals surface area contributed by atoms with Gasteiger partial charge >= 0.3 is 0 Å². The van der Waals surface area contributed by atoms with Crippen LogP contribution in [-0.2, 0) is 5.41 Å². The Bertz CT molecular complexity index is 1190. The van der Waals surface area contributed by atoms with E-state index in [1.54, 1.807) is 24.3 Å². The summed E-state index contributed by atoms with van der Waals surface area (Å²) in [5, 5.41) is 11.2. The van der Waals surface area contributed by atoms with Crippen molar-refractivity contribution in [2.75, 3.05) is 0 Å². The smallest absolute Gasteiger partial charge is 0.252 e. The van der Waals surface area contributed by atoms with E-state index in [-0.39, 0.29) is 23.0 Å². The molecular formula is C26H24FN3O2. The molecule has 3 aromatic carbocycles. The van der Waals surface area contributed by atoms with Gasteiger partial charge in [0.15, 0.2) is 0 Å². The van der Waals surface area contributed by atoms with Gasteiger partial charge < -0.3 is 9.73 Å². The second-order valence-corrected chi connectivity index (χ2v) is 8.60. The third-order valence-corrected chi connectivity index (χ3v) is 5.20. The zero-order chi connectivity index (χ0) is 22.7. The van der Waals surface area contributed by atoms with Crippen LogP contribution in [-0.4, -0.2) is 16.1 Å². The first-order chi connectivity index (χ1) is 15.3. The monoisotopic (exact) mass is 429 g/mol. The number of hydrogen-bond acceptors (Lipinski definition) is 4. The molecule has 0 aliphatic carbocycles. The van der Waals surface area contributed by atoms with Crippen LogP contribution in [0.25, 0.3) is 11.5 Å². The average molecular weight is 429 g/mol. The highest BCUT2D eigenvalue weighted by atomic mass is 19.1. The molecule has 1 atom stereocenters. The summed E-state index contributed by atoms with van der Waals surface area (Å²) in [6.45, 7) is 6.35. The molecular weight excluding hydrogens is 405 g/mol. The summed E-state index contributed by atoms with van der Waals surface area (Å²) in [5.74, 6) is -0.0991. The quantitative estimate of drug-likeness (QED) is 0.442. The Hall–Kier alpha value is -3.80. The molecule has 0 saturated heterocycles. The lowest BCUT2D eigenvalue weighted by Gasteiger charge is -2.20. The molecule has 0 saturated carbocycles. The molecule has 0 aliphatic rings. The first-order valence-corrected chi connectivity index (χ1v) is 10.4. The van der Waals surface area contributed by atoms with E-state index in [9.17, 15) is 9.18 Å². The van der Waals surface area contributed by atoms with E-state index >= 15 is 0 Å². The highest BCUT2D eigenvalue weighted by Gasteiger charge is 2.24. The van der Waals surface area contributed by atoms with Gasteiger partial charge in [0.1, 0.15) is 11.9 Å². The second-order valence-electron chi connectivity index (χ2n) is 8.60. The molecule has 1 N–H and O–H groups in total. The normalized spacial score (nSPS) is 12.4. The molecule has 1 heterocycles. The number of benzene rings is 3. The summed E-state index contributed by atoms with van der Waals surface area (Å²) in [6, 6.07) is 22.0. The number of carbonyl (C=O) groups excluding carboxylic acids is 1. The van der Waals surface area contributed by atoms with Crippen LogP contribution in [0, 0.1) is 5.82 Å². The summed E-state index contributed by atoms with van der Waals surface area (Å²) in [5.41, 5.74) is 3.03. The van der Waals surface area contributed by atoms with Gasteiger partial charge in [-0.3, -0.25) is 4.79 Å². The topological polar surface area (TPSA) is 68.0 Å². The van der Waals surface area contributed by atoms with Crippen LogP contribution in [0.5, 0.6) is 0 Å². The predicted molar refractivity (Wildman–Crippen MR) is 121 cm³/mol. The maximum absolute atomic E-state index is 13.5. The molecule has 0 aliphatic heterocycles. The number of nitrogens with zero attached hydrogens (tertiary/aromatic N) is 2. The highest BCUT2D eigenvalue weighted by Crippen LogP contribution is 2.26. The van der Waals surface area contributed by atoms with Gasteiger partial charge in [0.25, 0.3) is 5.91 Å². The minimum Gasteiger partial charge on any atom is -0.418 e. The van der Waals surface area contributed by atoms with Gasteiger partial charge in [0, 0.05) is 11.1 Å². The lowest BCUT2D eigenvalue weighted by atomic mass is 9.86. The number of hydrogen-bond donors (Lipinski definition) is 1. The predicted octanol–water partition coefficient (Wildman–Crippen LogP) is 5.69. The summed E-state index contributed by atoms with van der Waals surface area (Å²) in [4.78, 5) is 13.0. The molecule has 6 heteroatoms. The standard InChI is InChI=1S/C26H24FN3O2/c1-26(2,3)20-13-9-18(10-14-20)23(31)28-22(17-11-15-21(27)16-12-17)25-30-29-24(32-25)19-7-5-4-6-8-19/h4-16,22H,1-3H3,(H,28,31)/t22-/m1/s1. The fourth-order valence-corrected chi connectivity index (χ4v) is 3.33. The summed E-state index contributed by atoms with van der Waals surface area (Å²) < 4.78 is 19.4. The van der Waals surface area contributed by atoms with Crippen molar-refractivity contribution >= 4 is 5.91 Å². The molecule has 0 spiro atoms. The number of carbonyl (C=O) groups is 1. The summed E-state index contributed by atoms with van der Waals surface area (Å²) in [7, 11) is 0. The molecule has 162 valence electrons. The van der Waals surface area contributed by atoms with Crippen LogP contribution in [0.2, 0.25) is 0 Å². The summed E-state index contributed by atoms with van der Waals surface area (Å²) >= 11 is 0. The van der Waals surface area contributed by atoms with Crippen molar-refractivity contribution in [1.29, 1.82) is 0 Å². The Labute approximate surface area is 186 Å². The second kappa shape index (κ2) is 8.75. The maximum Gasteiger partial charge on any atom is 0.252 e. The Morgan fingerprint density at radius 1 is 0.906 bits per heavy atom. The molecule has 5 nitrogen and oxygen atoms in total. The van der Waals surface area contributed by atoms with Gasteiger partial charge in [-0.25, -0.2) is 4.39 Å². The molecule has 0 bridgehead atoms. The summed E-state index contributed by atoms with van der Waals surface area (Å²) in [6.07, 6.45) is 0. The fourth-order valence-electron chi connectivity index (χ4n) is 3.33. The van der Waals surface area contributed by atoms with Gasteiger partial charge in [-0.1, -0.05) is 63.2 Å². The van der Waals surface area contributed by atoms with E-state index in [2.05, 4.69) is 36.3 Å². The minimum absolute atomic E-state index is 0.0107. The number of aromatic nitrogens is 2. The first-order valence-electron chi connectivity index (χ1n) is 10.4. The number of rotatable bonds is 5. The number of amides is 1. The van der Waals surface area contributed by atoms with E-state index in [1.165, 1.54) is 12.1 Å². The van der Waals surface area contributed by atoms with Gasteiger partial charge in [-0.2, -0.15) is 0 Å². The van der Waals surface area contributed by atoms with Crippen LogP contribution in [0.3, 0.4) is 0 Å². The zero-order valence-electron chi connectivity index (χ0n) is 18.2. The van der Waals surface area contributed by atoms with E-state index < -0.39 is 6.04 Å². The number of halogens is 1. The zero-order valence-corrected chi connectivity index (χ0v) is 18.2. The lowest BCUT2D eigenvalue weighted by molar-refractivity contribution is 0.0938. The van der Waals surface area contributed by atoms with Gasteiger partial charge in [0.05, 0.1) is 0 Å². The number of nitrogens with one attached hydrogen (secondary N) is 1. The average Bonchev–Trinajstić information content (AvgIpc) is 3.28. The minimum atomic E-state index is -0.727. The third-order valence-electron chi connectivity index (χ3n) is 5.20. The molecule has 4 aromatic rings. The van der Waals surface area contributed by atoms with Crippen molar-refractivity contribution in [3.63, 3.8) is 0 Å². The lowest BCUT2D eigenvalue weighted by Crippen LogP contribution is -2.29. The van der Waals surface area contributed by atoms with E-state index in [1.807, 2.05) is 42.5 Å². The van der Waals surface area contributed by atoms with Crippen LogP contribution in [0.4, 0.5) is 4.39 Å². The molecule has 0 radical (unpaired) electrons. The van der Waals surface area contributed by atoms with Crippen LogP contribution >= 0.6 is 0 Å². The molecule has 4 rings (SSSR count). The Morgan fingerprint density at radius 3 is 2.19 bits per heavy atom. The van der Waals surface area contributed by atoms with Crippen molar-refractivity contribution in [2.24, 2.45) is 0 Å². The molecule has 0 unspecified atom stereocenters. The van der Waals surface area contributed by atoms with Gasteiger partial charge in [-0.15, -0.1) is 10.2 Å². The molecule has 1 amide bonds. The molecule has 32 heavy (non-hydrogen) atoms. The SMILES string of the molecule is CC(C)(C)c1ccc(C(=O)N[C@H](c2ccc(F)cc2)c2nnc(-c3ccccc3)o2)cc1. The van der Waals surface area contributed by atoms with E-state index in [0.717, 1.165) is 11.1 Å². The Morgan fingerprint density at radius 2 is 1.56 bits per heavy atom. The van der Waals surface area contributed by atoms with Crippen LogP contribution in [0.1, 0.15) is 54.2 Å². The first kappa shape index (κ1) is 21.4. The van der Waals surface area contributed by atoms with E-state index in [0.29, 0.717) is 17.0 Å². The van der Waals surface area contributed by atoms with Crippen LogP contribution < -0.4 is 5.32 Å². The van der Waals surface area contributed by atoms with Crippen molar-refractivity contribution in [3.05, 3.63) is 107 Å². The van der Waals surface area contributed by atoms with Crippen LogP contribution in [0.15, 0.2) is 83.3 Å². The third kappa shape index (κ3) is 4.75. The van der Waals surface area contributed by atoms with Gasteiger partial charge in [0.2, 0.25) is 11.8 Å². The molecule has 0 fully saturated rings. The van der Waals surface area contributed by atoms with Crippen molar-refractivity contribution in [3.8, 4) is 11.5 Å². The molecule has 1 aromatic heterocycles. The van der Waals surface area contributed by atoms with Crippen molar-refractivity contribution in [2.45, 2.75) is 32.2 Å². The highest BCUT2D eigenvalue weighted by molar-refractivity contribution is 5.94. The Balaban J connectivity index is 1.64. The maximum atomic E-state index is 13.5. The van der Waals surface area contributed by atoms with Crippen molar-refractivity contribution in [1.82, 2.24) is 15.5 Å². The fraction of sp³-hybridized carbons (Fsp3) is 0.192. The van der Waals surface area contributed by atoms with E-state index in [4.69, 9.17) is 4.42 Å². The Kier molecular flexibility index (Phi) is 5.86. The van der Waals surface area contributed by atoms with Gasteiger partial charge in [-0.05, 0) is 52.9 Å². The largest absolute Gasteiger partial charge is 0.418 e. The van der Waals surface area contributed by atoms with Crippen molar-refractivity contribution < 1.29 is 13.6 Å².